The van der Waals surface area contributed by atoms with Crippen molar-refractivity contribution in [3.63, 3.8) is 0 Å². The summed E-state index contributed by atoms with van der Waals surface area (Å²) < 4.78 is 21.6. The second kappa shape index (κ2) is 8.35. The van der Waals surface area contributed by atoms with Gasteiger partial charge in [0, 0.05) is 20.6 Å². The van der Waals surface area contributed by atoms with Gasteiger partial charge in [-0.1, -0.05) is 29.8 Å². The quantitative estimate of drug-likeness (QED) is 0.486. The van der Waals surface area contributed by atoms with Crippen LogP contribution in [-0.2, 0) is 25.4 Å². The lowest BCUT2D eigenvalue weighted by molar-refractivity contribution is 0.0475. The minimum Gasteiger partial charge on any atom is -0.502 e. The van der Waals surface area contributed by atoms with Crippen LogP contribution in [0.5, 0.6) is 17.2 Å². The van der Waals surface area contributed by atoms with E-state index in [1.807, 2.05) is 31.2 Å². The van der Waals surface area contributed by atoms with E-state index in [0.29, 0.717) is 35.3 Å². The van der Waals surface area contributed by atoms with Crippen molar-refractivity contribution in [3.8, 4) is 28.5 Å². The molecule has 0 fully saturated rings. The van der Waals surface area contributed by atoms with Crippen molar-refractivity contribution in [2.24, 2.45) is 14.1 Å². The highest BCUT2D eigenvalue weighted by Gasteiger charge is 2.34. The van der Waals surface area contributed by atoms with Crippen molar-refractivity contribution in [2.45, 2.75) is 19.6 Å². The van der Waals surface area contributed by atoms with Gasteiger partial charge in [0.05, 0.1) is 43.1 Å². The van der Waals surface area contributed by atoms with Crippen LogP contribution in [0.25, 0.3) is 22.2 Å². The number of fused-ring (bicyclic) bond motifs is 3. The molecule has 1 aliphatic rings. The maximum atomic E-state index is 13.5. The third-order valence-corrected chi connectivity index (χ3v) is 6.68. The van der Waals surface area contributed by atoms with E-state index in [1.54, 1.807) is 19.2 Å². The second-order valence-corrected chi connectivity index (χ2v) is 8.71. The largest absolute Gasteiger partial charge is 0.502 e. The number of phenolic OH excluding ortho intramolecular Hbond substituents is 1. The first-order valence-corrected chi connectivity index (χ1v) is 11.2. The molecule has 35 heavy (non-hydrogen) atoms. The number of phenols is 1. The first kappa shape index (κ1) is 22.8. The van der Waals surface area contributed by atoms with Crippen LogP contribution in [0.4, 0.5) is 0 Å². The van der Waals surface area contributed by atoms with Crippen molar-refractivity contribution >= 4 is 10.9 Å². The molecule has 0 radical (unpaired) electrons. The number of aromatic nitrogens is 3. The summed E-state index contributed by atoms with van der Waals surface area (Å²) in [6, 6.07) is 11.3. The average Bonchev–Trinajstić information content (AvgIpc) is 3.22. The van der Waals surface area contributed by atoms with Gasteiger partial charge in [0.25, 0.3) is 5.56 Å². The van der Waals surface area contributed by atoms with Crippen LogP contribution in [0, 0.1) is 6.92 Å². The van der Waals surface area contributed by atoms with E-state index >= 15 is 0 Å². The Morgan fingerprint density at radius 2 is 1.63 bits per heavy atom. The van der Waals surface area contributed by atoms with Crippen LogP contribution in [-0.4, -0.2) is 39.6 Å². The fraction of sp³-hybridized carbons (Fsp3) is 0.308. The fourth-order valence-electron chi connectivity index (χ4n) is 4.91. The summed E-state index contributed by atoms with van der Waals surface area (Å²) in [4.78, 5) is 26.5. The number of rotatable bonds is 4. The van der Waals surface area contributed by atoms with E-state index in [1.165, 1.54) is 25.8 Å². The zero-order valence-corrected chi connectivity index (χ0v) is 20.3. The van der Waals surface area contributed by atoms with Crippen LogP contribution in [0.2, 0.25) is 0 Å². The van der Waals surface area contributed by atoms with Gasteiger partial charge in [-0.2, -0.15) is 0 Å². The predicted molar refractivity (Wildman–Crippen MR) is 132 cm³/mol. The van der Waals surface area contributed by atoms with Crippen molar-refractivity contribution in [3.05, 3.63) is 74.1 Å². The number of benzene rings is 2. The van der Waals surface area contributed by atoms with Crippen molar-refractivity contribution < 1.29 is 19.3 Å². The standard InChI is InChI=1S/C26H27N3O6/c1-14-6-8-15(9-7-14)20-19-21(27(2)26(32)28(3)25(19)31)22-24(35-11-10-29(20)22)16-12-17(33-4)23(30)18(13-16)34-5/h6-9,12-13,24,30H,10-11H2,1-5H3/t24-/m0/s1. The molecule has 182 valence electrons. The topological polar surface area (TPSA) is 96.9 Å². The van der Waals surface area contributed by atoms with Gasteiger partial charge in [-0.25, -0.2) is 4.79 Å². The van der Waals surface area contributed by atoms with Gasteiger partial charge in [0.1, 0.15) is 6.10 Å². The second-order valence-electron chi connectivity index (χ2n) is 8.71. The molecular formula is C26H27N3O6. The lowest BCUT2D eigenvalue weighted by Gasteiger charge is -2.28. The van der Waals surface area contributed by atoms with E-state index in [9.17, 15) is 14.7 Å². The van der Waals surface area contributed by atoms with Gasteiger partial charge in [-0.3, -0.25) is 13.9 Å². The molecule has 1 aliphatic heterocycles. The van der Waals surface area contributed by atoms with E-state index in [-0.39, 0.29) is 22.8 Å². The highest BCUT2D eigenvalue weighted by Crippen LogP contribution is 2.45. The summed E-state index contributed by atoms with van der Waals surface area (Å²) in [5, 5.41) is 10.9. The molecule has 3 heterocycles. The monoisotopic (exact) mass is 477 g/mol. The Morgan fingerprint density at radius 1 is 1.00 bits per heavy atom. The van der Waals surface area contributed by atoms with Crippen molar-refractivity contribution in [1.82, 2.24) is 13.7 Å². The first-order chi connectivity index (χ1) is 16.8. The summed E-state index contributed by atoms with van der Waals surface area (Å²) >= 11 is 0. The Bertz CT molecular complexity index is 1550. The molecule has 5 rings (SSSR count). The third-order valence-electron chi connectivity index (χ3n) is 6.68. The fourth-order valence-corrected chi connectivity index (χ4v) is 4.91. The zero-order chi connectivity index (χ0) is 25.0. The number of methoxy groups -OCH3 is 2. The number of nitrogens with zero attached hydrogens (tertiary/aromatic N) is 3. The van der Waals surface area contributed by atoms with Crippen molar-refractivity contribution in [2.75, 3.05) is 20.8 Å². The minimum atomic E-state index is -0.633. The summed E-state index contributed by atoms with van der Waals surface area (Å²) in [6.45, 7) is 2.90. The van der Waals surface area contributed by atoms with Crippen LogP contribution < -0.4 is 20.7 Å². The predicted octanol–water partition coefficient (Wildman–Crippen LogP) is 2.86. The number of hydrogen-bond acceptors (Lipinski definition) is 6. The van der Waals surface area contributed by atoms with Gasteiger partial charge >= 0.3 is 5.69 Å². The molecule has 1 N–H and O–H groups in total. The molecule has 0 spiro atoms. The number of hydrogen-bond donors (Lipinski definition) is 1. The normalized spacial score (nSPS) is 15.3. The van der Waals surface area contributed by atoms with Crippen molar-refractivity contribution in [1.29, 1.82) is 0 Å². The third kappa shape index (κ3) is 3.34. The number of aryl methyl sites for hydroxylation is 2. The van der Waals surface area contributed by atoms with E-state index in [0.717, 1.165) is 21.4 Å². The lowest BCUT2D eigenvalue weighted by atomic mass is 10.0. The maximum Gasteiger partial charge on any atom is 0.331 e. The van der Waals surface area contributed by atoms with Gasteiger partial charge in [-0.05, 0) is 30.2 Å². The number of ether oxygens (including phenoxy) is 3. The molecule has 0 saturated heterocycles. The van der Waals surface area contributed by atoms with E-state index in [2.05, 4.69) is 4.57 Å². The summed E-state index contributed by atoms with van der Waals surface area (Å²) in [7, 11) is 6.07. The summed E-state index contributed by atoms with van der Waals surface area (Å²) in [6.07, 6.45) is -0.633. The average molecular weight is 478 g/mol. The van der Waals surface area contributed by atoms with Crippen LogP contribution in [0.1, 0.15) is 22.9 Å². The zero-order valence-electron chi connectivity index (χ0n) is 20.3. The van der Waals surface area contributed by atoms with Gasteiger partial charge in [-0.15, -0.1) is 0 Å². The molecule has 2 aromatic heterocycles. The molecule has 4 aromatic rings. The highest BCUT2D eigenvalue weighted by atomic mass is 16.5. The first-order valence-electron chi connectivity index (χ1n) is 11.2. The Morgan fingerprint density at radius 3 is 2.23 bits per heavy atom. The van der Waals surface area contributed by atoms with Gasteiger partial charge in [0.15, 0.2) is 11.5 Å². The smallest absolute Gasteiger partial charge is 0.331 e. The lowest BCUT2D eigenvalue weighted by Crippen LogP contribution is -2.37. The van der Waals surface area contributed by atoms with Crippen LogP contribution in [0.15, 0.2) is 46.0 Å². The van der Waals surface area contributed by atoms with Gasteiger partial charge < -0.3 is 23.9 Å². The molecule has 9 nitrogen and oxygen atoms in total. The molecule has 0 aliphatic carbocycles. The molecule has 0 saturated carbocycles. The van der Waals surface area contributed by atoms with E-state index < -0.39 is 11.8 Å². The molecule has 0 amide bonds. The number of aromatic hydroxyl groups is 1. The molecule has 2 aromatic carbocycles. The van der Waals surface area contributed by atoms with Crippen LogP contribution in [0.3, 0.4) is 0 Å². The van der Waals surface area contributed by atoms with Gasteiger partial charge in [0.2, 0.25) is 5.75 Å². The Hall–Kier alpha value is -3.98. The summed E-state index contributed by atoms with van der Waals surface area (Å²) in [5.41, 5.74) is 3.82. The molecule has 0 unspecified atom stereocenters. The highest BCUT2D eigenvalue weighted by molar-refractivity contribution is 5.96. The SMILES string of the molecule is COc1cc([C@@H]2OCCn3c(-c4ccc(C)cc4)c4c(=O)n(C)c(=O)n(C)c4c32)cc(OC)c1O. The molecule has 1 atom stereocenters. The molecular weight excluding hydrogens is 450 g/mol. The minimum absolute atomic E-state index is 0.114. The molecule has 9 heteroatoms. The summed E-state index contributed by atoms with van der Waals surface area (Å²) in [5.74, 6) is 0.357. The molecule has 0 bridgehead atoms. The Labute approximate surface area is 201 Å². The Kier molecular flexibility index (Phi) is 5.44. The van der Waals surface area contributed by atoms with E-state index in [4.69, 9.17) is 14.2 Å². The van der Waals surface area contributed by atoms with Crippen LogP contribution >= 0.6 is 0 Å². The maximum absolute atomic E-state index is 13.5. The Balaban J connectivity index is 1.90.